The van der Waals surface area contributed by atoms with E-state index in [1.54, 1.807) is 13.8 Å². The van der Waals surface area contributed by atoms with Gasteiger partial charge in [0.15, 0.2) is 0 Å². The van der Waals surface area contributed by atoms with E-state index in [1.807, 2.05) is 0 Å². The molecule has 14 heavy (non-hydrogen) atoms. The van der Waals surface area contributed by atoms with Crippen LogP contribution in [0.4, 0.5) is 0 Å². The van der Waals surface area contributed by atoms with Gasteiger partial charge in [-0.3, -0.25) is 9.59 Å². The van der Waals surface area contributed by atoms with E-state index in [1.165, 1.54) is 0 Å². The van der Waals surface area contributed by atoms with E-state index in [9.17, 15) is 9.59 Å². The summed E-state index contributed by atoms with van der Waals surface area (Å²) in [6.07, 6.45) is 3.51. The fourth-order valence-corrected chi connectivity index (χ4v) is 1.98. The number of ether oxygens (including phenoxy) is 1. The Morgan fingerprint density at radius 2 is 2.29 bits per heavy atom. The molecule has 1 aliphatic carbocycles. The Kier molecular flexibility index (Phi) is 4.11. The van der Waals surface area contributed by atoms with Crippen LogP contribution in [0.15, 0.2) is 0 Å². The van der Waals surface area contributed by atoms with Gasteiger partial charge in [0.2, 0.25) is 0 Å². The maximum absolute atomic E-state index is 11.5. The van der Waals surface area contributed by atoms with Crippen molar-refractivity contribution in [1.29, 1.82) is 0 Å². The molecule has 0 saturated heterocycles. The quantitative estimate of drug-likeness (QED) is 0.651. The lowest BCUT2D eigenvalue weighted by molar-refractivity contribution is -0.152. The van der Waals surface area contributed by atoms with Crippen LogP contribution in [0, 0.1) is 11.8 Å². The molecule has 1 fully saturated rings. The Morgan fingerprint density at radius 3 is 2.86 bits per heavy atom. The maximum atomic E-state index is 11.5. The molecule has 0 aromatic rings. The zero-order valence-corrected chi connectivity index (χ0v) is 8.91. The molecular weight excluding hydrogens is 180 g/mol. The van der Waals surface area contributed by atoms with E-state index < -0.39 is 0 Å². The number of ketones is 1. The first-order valence-corrected chi connectivity index (χ1v) is 5.36. The van der Waals surface area contributed by atoms with Crippen LogP contribution in [0.3, 0.4) is 0 Å². The second kappa shape index (κ2) is 5.13. The van der Waals surface area contributed by atoms with Crippen LogP contribution in [0.1, 0.15) is 39.5 Å². The third-order valence-corrected chi connectivity index (χ3v) is 2.86. The summed E-state index contributed by atoms with van der Waals surface area (Å²) < 4.78 is 4.91. The standard InChI is InChI=1S/C11H18O3/c1-3-14-11(13)8(2)9-6-4-5-7-10(9)12/h8-9H,3-7H2,1-2H3/t8-,9-/m0/s1. The number of esters is 1. The van der Waals surface area contributed by atoms with Gasteiger partial charge >= 0.3 is 5.97 Å². The van der Waals surface area contributed by atoms with Gasteiger partial charge in [0, 0.05) is 12.3 Å². The van der Waals surface area contributed by atoms with Crippen molar-refractivity contribution in [2.75, 3.05) is 6.61 Å². The SMILES string of the molecule is CCOC(=O)[C@@H](C)[C@@H]1CCCCC1=O. The van der Waals surface area contributed by atoms with Gasteiger partial charge < -0.3 is 4.74 Å². The summed E-state index contributed by atoms with van der Waals surface area (Å²) in [4.78, 5) is 23.0. The van der Waals surface area contributed by atoms with Gasteiger partial charge in [-0.25, -0.2) is 0 Å². The van der Waals surface area contributed by atoms with E-state index in [4.69, 9.17) is 4.74 Å². The van der Waals surface area contributed by atoms with Crippen molar-refractivity contribution in [1.82, 2.24) is 0 Å². The van der Waals surface area contributed by atoms with Crippen LogP contribution < -0.4 is 0 Å². The molecule has 1 aliphatic rings. The number of hydrogen-bond acceptors (Lipinski definition) is 3. The number of hydrogen-bond donors (Lipinski definition) is 0. The van der Waals surface area contributed by atoms with Crippen molar-refractivity contribution in [3.8, 4) is 0 Å². The van der Waals surface area contributed by atoms with Crippen molar-refractivity contribution in [2.45, 2.75) is 39.5 Å². The van der Waals surface area contributed by atoms with Crippen molar-refractivity contribution < 1.29 is 14.3 Å². The summed E-state index contributed by atoms with van der Waals surface area (Å²) in [6.45, 7) is 3.98. The highest BCUT2D eigenvalue weighted by atomic mass is 16.5. The highest BCUT2D eigenvalue weighted by Crippen LogP contribution is 2.27. The molecule has 0 radical (unpaired) electrons. The predicted molar refractivity (Wildman–Crippen MR) is 52.8 cm³/mol. The summed E-state index contributed by atoms with van der Waals surface area (Å²) in [5.41, 5.74) is 0. The van der Waals surface area contributed by atoms with Gasteiger partial charge in [0.25, 0.3) is 0 Å². The van der Waals surface area contributed by atoms with E-state index in [-0.39, 0.29) is 23.6 Å². The fourth-order valence-electron chi connectivity index (χ4n) is 1.98. The molecule has 1 rings (SSSR count). The molecule has 1 saturated carbocycles. The van der Waals surface area contributed by atoms with E-state index in [0.717, 1.165) is 19.3 Å². The lowest BCUT2D eigenvalue weighted by atomic mass is 9.80. The van der Waals surface area contributed by atoms with Crippen molar-refractivity contribution in [3.63, 3.8) is 0 Å². The molecule has 0 aromatic carbocycles. The molecule has 0 bridgehead atoms. The van der Waals surface area contributed by atoms with Crippen molar-refractivity contribution in [2.24, 2.45) is 11.8 Å². The van der Waals surface area contributed by atoms with Crippen LogP contribution in [0.2, 0.25) is 0 Å². The molecule has 80 valence electrons. The second-order valence-electron chi connectivity index (χ2n) is 3.86. The lowest BCUT2D eigenvalue weighted by Gasteiger charge is -2.24. The van der Waals surface area contributed by atoms with E-state index >= 15 is 0 Å². The smallest absolute Gasteiger partial charge is 0.309 e. The Labute approximate surface area is 84.8 Å². The zero-order chi connectivity index (χ0) is 10.6. The monoisotopic (exact) mass is 198 g/mol. The molecule has 2 atom stereocenters. The number of rotatable bonds is 3. The van der Waals surface area contributed by atoms with Crippen LogP contribution >= 0.6 is 0 Å². The first-order chi connectivity index (χ1) is 6.66. The first kappa shape index (κ1) is 11.2. The van der Waals surface area contributed by atoms with Gasteiger partial charge in [-0.2, -0.15) is 0 Å². The van der Waals surface area contributed by atoms with Crippen LogP contribution in [-0.4, -0.2) is 18.4 Å². The topological polar surface area (TPSA) is 43.4 Å². The molecule has 3 nitrogen and oxygen atoms in total. The highest BCUT2D eigenvalue weighted by molar-refractivity contribution is 5.87. The normalized spacial score (nSPS) is 24.4. The van der Waals surface area contributed by atoms with E-state index in [2.05, 4.69) is 0 Å². The molecule has 3 heteroatoms. The third-order valence-electron chi connectivity index (χ3n) is 2.86. The minimum absolute atomic E-state index is 0.0946. The Hall–Kier alpha value is -0.860. The van der Waals surface area contributed by atoms with Gasteiger partial charge in [-0.1, -0.05) is 13.3 Å². The van der Waals surface area contributed by atoms with Gasteiger partial charge in [0.05, 0.1) is 12.5 Å². The average Bonchev–Trinajstić information content (AvgIpc) is 2.18. The molecule has 0 spiro atoms. The molecule has 0 amide bonds. The summed E-state index contributed by atoms with van der Waals surface area (Å²) in [6, 6.07) is 0. The predicted octanol–water partition coefficient (Wildman–Crippen LogP) is 1.94. The molecule has 0 N–H and O–H groups in total. The largest absolute Gasteiger partial charge is 0.466 e. The summed E-state index contributed by atoms with van der Waals surface area (Å²) >= 11 is 0. The van der Waals surface area contributed by atoms with Crippen LogP contribution in [0.25, 0.3) is 0 Å². The second-order valence-corrected chi connectivity index (χ2v) is 3.86. The highest BCUT2D eigenvalue weighted by Gasteiger charge is 2.32. The number of Topliss-reactive ketones (excluding diaryl/α,β-unsaturated/α-hetero) is 1. The van der Waals surface area contributed by atoms with Gasteiger partial charge in [0.1, 0.15) is 5.78 Å². The van der Waals surface area contributed by atoms with Crippen LogP contribution in [-0.2, 0) is 14.3 Å². The molecular formula is C11H18O3. The zero-order valence-electron chi connectivity index (χ0n) is 8.91. The number of carbonyl (C=O) groups is 2. The van der Waals surface area contributed by atoms with Gasteiger partial charge in [-0.05, 0) is 19.8 Å². The fraction of sp³-hybridized carbons (Fsp3) is 0.818. The molecule has 0 aliphatic heterocycles. The minimum Gasteiger partial charge on any atom is -0.466 e. The minimum atomic E-state index is -0.261. The summed E-state index contributed by atoms with van der Waals surface area (Å²) in [7, 11) is 0. The lowest BCUT2D eigenvalue weighted by Crippen LogP contribution is -2.31. The molecule has 0 unspecified atom stereocenters. The van der Waals surface area contributed by atoms with Gasteiger partial charge in [-0.15, -0.1) is 0 Å². The molecule has 0 aromatic heterocycles. The molecule has 0 heterocycles. The first-order valence-electron chi connectivity index (χ1n) is 5.36. The Bertz CT molecular complexity index is 223. The Balaban J connectivity index is 2.53. The third kappa shape index (κ3) is 2.56. The Morgan fingerprint density at radius 1 is 1.57 bits per heavy atom. The maximum Gasteiger partial charge on any atom is 0.309 e. The van der Waals surface area contributed by atoms with Crippen molar-refractivity contribution >= 4 is 11.8 Å². The summed E-state index contributed by atoms with van der Waals surface area (Å²) in [5, 5.41) is 0. The van der Waals surface area contributed by atoms with E-state index in [0.29, 0.717) is 13.0 Å². The average molecular weight is 198 g/mol. The number of carbonyl (C=O) groups excluding carboxylic acids is 2. The summed E-state index contributed by atoms with van der Waals surface area (Å²) in [5.74, 6) is -0.352. The van der Waals surface area contributed by atoms with Crippen LogP contribution in [0.5, 0.6) is 0 Å². The van der Waals surface area contributed by atoms with Crippen molar-refractivity contribution in [3.05, 3.63) is 0 Å².